The zero-order valence-corrected chi connectivity index (χ0v) is 22.6. The Kier molecular flexibility index (Phi) is 8.40. The van der Waals surface area contributed by atoms with Gasteiger partial charge >= 0.3 is 0 Å². The molecule has 4 aliphatic rings. The Balaban J connectivity index is 1.37. The molecular formula is C31H49N3O. The third kappa shape index (κ3) is 5.91. The van der Waals surface area contributed by atoms with E-state index in [4.69, 9.17) is 4.74 Å². The minimum atomic E-state index is 0.432. The Bertz CT molecular complexity index is 843. The number of benzene rings is 1. The van der Waals surface area contributed by atoms with Crippen molar-refractivity contribution in [3.05, 3.63) is 29.8 Å². The van der Waals surface area contributed by atoms with Crippen LogP contribution in [0.25, 0.3) is 5.57 Å². The molecule has 35 heavy (non-hydrogen) atoms. The molecule has 4 nitrogen and oxygen atoms in total. The Morgan fingerprint density at radius 3 is 2.34 bits per heavy atom. The van der Waals surface area contributed by atoms with Crippen molar-refractivity contribution < 1.29 is 4.74 Å². The van der Waals surface area contributed by atoms with Gasteiger partial charge in [-0.15, -0.1) is 0 Å². The number of hydrogen-bond donors (Lipinski definition) is 0. The van der Waals surface area contributed by atoms with E-state index in [1.807, 2.05) is 7.11 Å². The highest BCUT2D eigenvalue weighted by molar-refractivity contribution is 5.80. The molecule has 3 fully saturated rings. The number of methoxy groups -OCH3 is 1. The summed E-state index contributed by atoms with van der Waals surface area (Å²) in [6.07, 6.45) is 19.2. The van der Waals surface area contributed by atoms with Gasteiger partial charge in [0.15, 0.2) is 0 Å². The van der Waals surface area contributed by atoms with Crippen molar-refractivity contribution in [3.63, 3.8) is 0 Å². The Morgan fingerprint density at radius 2 is 1.69 bits per heavy atom. The molecule has 0 amide bonds. The molecule has 2 aliphatic carbocycles. The molecule has 194 valence electrons. The largest absolute Gasteiger partial charge is 0.381 e. The summed E-state index contributed by atoms with van der Waals surface area (Å²) in [6, 6.07) is 7.42. The van der Waals surface area contributed by atoms with E-state index in [1.54, 1.807) is 5.57 Å². The molecule has 2 heterocycles. The van der Waals surface area contributed by atoms with Gasteiger partial charge in [-0.1, -0.05) is 38.7 Å². The van der Waals surface area contributed by atoms with Crippen LogP contribution in [0.4, 0.5) is 11.4 Å². The number of nitrogens with zero attached hydrogens (tertiary/aromatic N) is 3. The molecule has 0 atom stereocenters. The van der Waals surface area contributed by atoms with Crippen molar-refractivity contribution in [1.29, 1.82) is 0 Å². The van der Waals surface area contributed by atoms with E-state index in [9.17, 15) is 0 Å². The van der Waals surface area contributed by atoms with Crippen LogP contribution in [0.2, 0.25) is 0 Å². The number of rotatable bonds is 7. The Morgan fingerprint density at radius 1 is 0.914 bits per heavy atom. The summed E-state index contributed by atoms with van der Waals surface area (Å²) in [7, 11) is 1.86. The lowest BCUT2D eigenvalue weighted by Gasteiger charge is -2.41. The molecule has 0 unspecified atom stereocenters. The van der Waals surface area contributed by atoms with Gasteiger partial charge in [-0.2, -0.15) is 0 Å². The first-order valence-corrected chi connectivity index (χ1v) is 14.8. The van der Waals surface area contributed by atoms with Gasteiger partial charge in [-0.3, -0.25) is 4.90 Å². The van der Waals surface area contributed by atoms with Crippen LogP contribution in [-0.2, 0) is 4.74 Å². The topological polar surface area (TPSA) is 19.0 Å². The fraction of sp³-hybridized carbons (Fsp3) is 0.742. The Hall–Kier alpha value is -1.52. The molecule has 0 bridgehead atoms. The lowest BCUT2D eigenvalue weighted by Crippen LogP contribution is -2.47. The van der Waals surface area contributed by atoms with E-state index in [0.717, 1.165) is 39.0 Å². The van der Waals surface area contributed by atoms with Gasteiger partial charge in [-0.05, 0) is 87.1 Å². The van der Waals surface area contributed by atoms with Crippen molar-refractivity contribution in [2.24, 2.45) is 5.41 Å². The first kappa shape index (κ1) is 25.1. The van der Waals surface area contributed by atoms with Crippen molar-refractivity contribution in [1.82, 2.24) is 4.90 Å². The van der Waals surface area contributed by atoms with E-state index < -0.39 is 0 Å². The predicted octanol–water partition coefficient (Wildman–Crippen LogP) is 6.74. The molecule has 0 radical (unpaired) electrons. The van der Waals surface area contributed by atoms with E-state index in [-0.39, 0.29) is 0 Å². The van der Waals surface area contributed by atoms with Crippen LogP contribution in [-0.4, -0.2) is 63.9 Å². The molecule has 1 aromatic rings. The van der Waals surface area contributed by atoms with E-state index in [1.165, 1.54) is 101 Å². The summed E-state index contributed by atoms with van der Waals surface area (Å²) in [5, 5.41) is 0. The van der Waals surface area contributed by atoms with Crippen LogP contribution >= 0.6 is 0 Å². The molecule has 1 aromatic carbocycles. The second-order valence-electron chi connectivity index (χ2n) is 11.8. The molecule has 1 spiro atoms. The zero-order valence-electron chi connectivity index (χ0n) is 22.6. The zero-order chi connectivity index (χ0) is 24.1. The van der Waals surface area contributed by atoms with E-state index >= 15 is 0 Å². The summed E-state index contributed by atoms with van der Waals surface area (Å²) in [6.45, 7) is 10.5. The molecule has 2 saturated heterocycles. The third-order valence-corrected chi connectivity index (χ3v) is 9.63. The number of ether oxygens (including phenoxy) is 1. The van der Waals surface area contributed by atoms with Gasteiger partial charge in [0.25, 0.3) is 0 Å². The number of hydrogen-bond acceptors (Lipinski definition) is 4. The normalized spacial score (nSPS) is 24.1. The number of allylic oxidation sites excluding steroid dienone is 2. The SMILES string of the molecule is CCCCN1CCN(c2ccc(N3CCC(OC)CC3)cc2C2=CCC3(CCCCC3)CC2)CC1. The highest BCUT2D eigenvalue weighted by atomic mass is 16.5. The van der Waals surface area contributed by atoms with Crippen LogP contribution in [0.15, 0.2) is 24.3 Å². The smallest absolute Gasteiger partial charge is 0.0605 e. The second-order valence-corrected chi connectivity index (χ2v) is 11.8. The first-order chi connectivity index (χ1) is 17.2. The van der Waals surface area contributed by atoms with Crippen LogP contribution in [0.1, 0.15) is 89.5 Å². The number of piperazine rings is 1. The first-order valence-electron chi connectivity index (χ1n) is 14.8. The minimum Gasteiger partial charge on any atom is -0.381 e. The quantitative estimate of drug-likeness (QED) is 0.431. The molecule has 4 heteroatoms. The fourth-order valence-corrected chi connectivity index (χ4v) is 7.14. The summed E-state index contributed by atoms with van der Waals surface area (Å²) >= 11 is 0. The summed E-state index contributed by atoms with van der Waals surface area (Å²) in [4.78, 5) is 7.95. The lowest BCUT2D eigenvalue weighted by atomic mass is 9.65. The van der Waals surface area contributed by atoms with Crippen molar-refractivity contribution >= 4 is 16.9 Å². The number of unbranched alkanes of at least 4 members (excludes halogenated alkanes) is 1. The Labute approximate surface area is 214 Å². The van der Waals surface area contributed by atoms with Crippen LogP contribution in [0.5, 0.6) is 0 Å². The number of anilines is 2. The van der Waals surface area contributed by atoms with Gasteiger partial charge in [0.05, 0.1) is 6.10 Å². The number of piperidine rings is 1. The maximum Gasteiger partial charge on any atom is 0.0605 e. The highest BCUT2D eigenvalue weighted by Gasteiger charge is 2.34. The van der Waals surface area contributed by atoms with Crippen molar-refractivity contribution in [2.75, 3.05) is 62.7 Å². The maximum absolute atomic E-state index is 5.63. The van der Waals surface area contributed by atoms with Crippen molar-refractivity contribution in [2.45, 2.75) is 90.1 Å². The summed E-state index contributed by atoms with van der Waals surface area (Å²) in [5.41, 5.74) is 6.68. The van der Waals surface area contributed by atoms with E-state index in [0.29, 0.717) is 11.5 Å². The molecule has 0 N–H and O–H groups in total. The van der Waals surface area contributed by atoms with Crippen LogP contribution < -0.4 is 9.80 Å². The predicted molar refractivity (Wildman–Crippen MR) is 150 cm³/mol. The summed E-state index contributed by atoms with van der Waals surface area (Å²) in [5.74, 6) is 0. The highest BCUT2D eigenvalue weighted by Crippen LogP contribution is 2.49. The fourth-order valence-electron chi connectivity index (χ4n) is 7.14. The lowest BCUT2D eigenvalue weighted by molar-refractivity contribution is 0.0819. The van der Waals surface area contributed by atoms with Gasteiger partial charge in [0, 0.05) is 63.3 Å². The minimum absolute atomic E-state index is 0.432. The molecule has 0 aromatic heterocycles. The van der Waals surface area contributed by atoms with Gasteiger partial charge in [0.2, 0.25) is 0 Å². The van der Waals surface area contributed by atoms with Crippen molar-refractivity contribution in [3.8, 4) is 0 Å². The van der Waals surface area contributed by atoms with Crippen LogP contribution in [0, 0.1) is 5.41 Å². The van der Waals surface area contributed by atoms with Gasteiger partial charge < -0.3 is 14.5 Å². The average molecular weight is 480 g/mol. The average Bonchev–Trinajstić information content (AvgIpc) is 2.93. The molecule has 2 aliphatic heterocycles. The molecule has 1 saturated carbocycles. The molecule has 5 rings (SSSR count). The molecular weight excluding hydrogens is 430 g/mol. The van der Waals surface area contributed by atoms with E-state index in [2.05, 4.69) is 45.9 Å². The van der Waals surface area contributed by atoms with Gasteiger partial charge in [0.1, 0.15) is 0 Å². The van der Waals surface area contributed by atoms with Gasteiger partial charge in [-0.25, -0.2) is 0 Å². The maximum atomic E-state index is 5.63. The summed E-state index contributed by atoms with van der Waals surface area (Å²) < 4.78 is 5.63. The van der Waals surface area contributed by atoms with Crippen LogP contribution in [0.3, 0.4) is 0 Å². The second kappa shape index (κ2) is 11.7. The monoisotopic (exact) mass is 479 g/mol. The third-order valence-electron chi connectivity index (χ3n) is 9.63. The standard InChI is InChI=1S/C31H49N3O/c1-3-4-18-32-21-23-34(24-22-32)30-9-8-27(33-19-12-28(35-2)13-20-33)25-29(30)26-10-16-31(17-11-26)14-6-5-7-15-31/h8-10,25,28H,3-7,11-24H2,1-2H3.